The smallest absolute Gasteiger partial charge is 0.410 e. The zero-order valence-corrected chi connectivity index (χ0v) is 9.56. The molecule has 1 aliphatic heterocycles. The molecule has 1 saturated carbocycles. The van der Waals surface area contributed by atoms with Gasteiger partial charge in [-0.3, -0.25) is 0 Å². The zero-order chi connectivity index (χ0) is 11.8. The van der Waals surface area contributed by atoms with E-state index in [9.17, 15) is 9.90 Å². The van der Waals surface area contributed by atoms with Crippen LogP contribution in [-0.2, 0) is 4.74 Å². The van der Waals surface area contributed by atoms with Gasteiger partial charge < -0.3 is 19.8 Å². The second-order valence-electron chi connectivity index (χ2n) is 5.06. The van der Waals surface area contributed by atoms with E-state index in [1.807, 2.05) is 6.92 Å². The van der Waals surface area contributed by atoms with Crippen LogP contribution in [0.3, 0.4) is 0 Å². The Morgan fingerprint density at radius 2 is 2.25 bits per heavy atom. The highest BCUT2D eigenvalue weighted by Crippen LogP contribution is 2.39. The number of likely N-dealkylation sites (tertiary alicyclic amines) is 1. The number of ether oxygens (including phenoxy) is 1. The third-order valence-electron chi connectivity index (χ3n) is 3.50. The van der Waals surface area contributed by atoms with Crippen LogP contribution in [0.1, 0.15) is 26.2 Å². The van der Waals surface area contributed by atoms with Gasteiger partial charge in [-0.1, -0.05) is 0 Å². The van der Waals surface area contributed by atoms with Gasteiger partial charge in [0.05, 0.1) is 12.6 Å². The predicted octanol–water partition coefficient (Wildman–Crippen LogP) is 0.351. The molecular formula is C11H19NO4. The Labute approximate surface area is 95.0 Å². The molecular weight excluding hydrogens is 210 g/mol. The van der Waals surface area contributed by atoms with Crippen LogP contribution >= 0.6 is 0 Å². The van der Waals surface area contributed by atoms with E-state index in [0.29, 0.717) is 13.0 Å². The molecule has 2 unspecified atom stereocenters. The molecule has 0 radical (unpaired) electrons. The van der Waals surface area contributed by atoms with Crippen molar-refractivity contribution < 1.29 is 19.7 Å². The fourth-order valence-corrected chi connectivity index (χ4v) is 1.91. The first-order valence-electron chi connectivity index (χ1n) is 5.81. The average Bonchev–Trinajstić information content (AvgIpc) is 2.95. The summed E-state index contributed by atoms with van der Waals surface area (Å²) in [7, 11) is 0. The summed E-state index contributed by atoms with van der Waals surface area (Å²) >= 11 is 0. The number of hydrogen-bond acceptors (Lipinski definition) is 4. The standard InChI is InChI=1S/C11H19NO4/c1-11(3-4-11)16-10(15)12-5-2-8(7-13)9(14)6-12/h8-9,13-14H,2-7H2,1H3. The van der Waals surface area contributed by atoms with Crippen molar-refractivity contribution in [1.82, 2.24) is 4.90 Å². The molecule has 1 saturated heterocycles. The lowest BCUT2D eigenvalue weighted by Gasteiger charge is -2.35. The summed E-state index contributed by atoms with van der Waals surface area (Å²) < 4.78 is 5.32. The van der Waals surface area contributed by atoms with Gasteiger partial charge in [0.15, 0.2) is 0 Å². The topological polar surface area (TPSA) is 70.0 Å². The maximum Gasteiger partial charge on any atom is 0.410 e. The summed E-state index contributed by atoms with van der Waals surface area (Å²) in [5.41, 5.74) is -0.268. The molecule has 2 atom stereocenters. The van der Waals surface area contributed by atoms with Crippen molar-refractivity contribution in [3.8, 4) is 0 Å². The lowest BCUT2D eigenvalue weighted by Crippen LogP contribution is -2.48. The van der Waals surface area contributed by atoms with Crippen molar-refractivity contribution in [2.24, 2.45) is 5.92 Å². The lowest BCUT2D eigenvalue weighted by atomic mass is 9.95. The van der Waals surface area contributed by atoms with E-state index in [4.69, 9.17) is 9.84 Å². The van der Waals surface area contributed by atoms with Crippen LogP contribution in [0.25, 0.3) is 0 Å². The molecule has 1 amide bonds. The molecule has 1 aliphatic carbocycles. The normalized spacial score (nSPS) is 32.3. The maximum atomic E-state index is 11.7. The van der Waals surface area contributed by atoms with Gasteiger partial charge in [0.25, 0.3) is 0 Å². The highest BCUT2D eigenvalue weighted by atomic mass is 16.6. The van der Waals surface area contributed by atoms with Crippen LogP contribution in [0.5, 0.6) is 0 Å². The first-order valence-corrected chi connectivity index (χ1v) is 5.81. The van der Waals surface area contributed by atoms with Gasteiger partial charge in [0, 0.05) is 19.1 Å². The Morgan fingerprint density at radius 1 is 1.56 bits per heavy atom. The minimum atomic E-state index is -0.640. The summed E-state index contributed by atoms with van der Waals surface area (Å²) in [5.74, 6) is -0.111. The number of piperidine rings is 1. The van der Waals surface area contributed by atoms with Crippen molar-refractivity contribution in [2.75, 3.05) is 19.7 Å². The van der Waals surface area contributed by atoms with Gasteiger partial charge in [0.1, 0.15) is 5.60 Å². The summed E-state index contributed by atoms with van der Waals surface area (Å²) in [5, 5.41) is 18.7. The Morgan fingerprint density at radius 3 is 2.75 bits per heavy atom. The fourth-order valence-electron chi connectivity index (χ4n) is 1.91. The van der Waals surface area contributed by atoms with E-state index in [0.717, 1.165) is 12.8 Å². The summed E-state index contributed by atoms with van der Waals surface area (Å²) in [6, 6.07) is 0. The molecule has 16 heavy (non-hydrogen) atoms. The number of amides is 1. The van der Waals surface area contributed by atoms with E-state index < -0.39 is 6.10 Å². The number of aliphatic hydroxyl groups excluding tert-OH is 2. The van der Waals surface area contributed by atoms with E-state index in [1.54, 1.807) is 0 Å². The third-order valence-corrected chi connectivity index (χ3v) is 3.50. The maximum absolute atomic E-state index is 11.7. The van der Waals surface area contributed by atoms with Crippen LogP contribution in [0.4, 0.5) is 4.79 Å². The van der Waals surface area contributed by atoms with Gasteiger partial charge in [0.2, 0.25) is 0 Å². The number of nitrogens with zero attached hydrogens (tertiary/aromatic N) is 1. The molecule has 5 heteroatoms. The molecule has 0 aromatic carbocycles. The largest absolute Gasteiger partial charge is 0.443 e. The molecule has 0 bridgehead atoms. The second kappa shape index (κ2) is 4.22. The molecule has 0 spiro atoms. The van der Waals surface area contributed by atoms with Gasteiger partial charge in [-0.15, -0.1) is 0 Å². The Hall–Kier alpha value is -0.810. The molecule has 1 heterocycles. The Bertz CT molecular complexity index is 277. The van der Waals surface area contributed by atoms with E-state index in [-0.39, 0.29) is 30.8 Å². The molecule has 2 rings (SSSR count). The SMILES string of the molecule is CC1(OC(=O)N2CCC(CO)C(O)C2)CC1. The first-order chi connectivity index (χ1) is 7.54. The van der Waals surface area contributed by atoms with Crippen molar-refractivity contribution in [2.45, 2.75) is 37.9 Å². The van der Waals surface area contributed by atoms with Crippen molar-refractivity contribution in [1.29, 1.82) is 0 Å². The number of carbonyl (C=O) groups excluding carboxylic acids is 1. The molecule has 92 valence electrons. The number of aliphatic hydroxyl groups is 2. The third kappa shape index (κ3) is 2.47. The lowest BCUT2D eigenvalue weighted by molar-refractivity contribution is -0.0131. The Balaban J connectivity index is 1.84. The zero-order valence-electron chi connectivity index (χ0n) is 9.56. The number of hydrogen-bond donors (Lipinski definition) is 2. The monoisotopic (exact) mass is 229 g/mol. The highest BCUT2D eigenvalue weighted by molar-refractivity contribution is 5.68. The minimum Gasteiger partial charge on any atom is -0.443 e. The van der Waals surface area contributed by atoms with Crippen molar-refractivity contribution in [3.05, 3.63) is 0 Å². The summed E-state index contributed by atoms with van der Waals surface area (Å²) in [6.07, 6.45) is 1.50. The second-order valence-corrected chi connectivity index (χ2v) is 5.06. The van der Waals surface area contributed by atoms with E-state index >= 15 is 0 Å². The van der Waals surface area contributed by atoms with Gasteiger partial charge in [-0.25, -0.2) is 4.79 Å². The Kier molecular flexibility index (Phi) is 3.08. The number of rotatable bonds is 2. The van der Waals surface area contributed by atoms with E-state index in [2.05, 4.69) is 0 Å². The molecule has 0 aromatic heterocycles. The molecule has 5 nitrogen and oxygen atoms in total. The van der Waals surface area contributed by atoms with Crippen LogP contribution < -0.4 is 0 Å². The fraction of sp³-hybridized carbons (Fsp3) is 0.909. The van der Waals surface area contributed by atoms with Crippen LogP contribution in [0.15, 0.2) is 0 Å². The van der Waals surface area contributed by atoms with Gasteiger partial charge >= 0.3 is 6.09 Å². The quantitative estimate of drug-likeness (QED) is 0.717. The average molecular weight is 229 g/mol. The van der Waals surface area contributed by atoms with Crippen LogP contribution in [0, 0.1) is 5.92 Å². The van der Waals surface area contributed by atoms with Crippen molar-refractivity contribution >= 4 is 6.09 Å². The van der Waals surface area contributed by atoms with Crippen LogP contribution in [-0.4, -0.2) is 52.6 Å². The van der Waals surface area contributed by atoms with E-state index in [1.165, 1.54) is 4.90 Å². The summed E-state index contributed by atoms with van der Waals surface area (Å²) in [6.45, 7) is 2.71. The number of carbonyl (C=O) groups is 1. The summed E-state index contributed by atoms with van der Waals surface area (Å²) in [4.78, 5) is 13.3. The highest BCUT2D eigenvalue weighted by Gasteiger charge is 2.43. The van der Waals surface area contributed by atoms with Crippen molar-refractivity contribution in [3.63, 3.8) is 0 Å². The first kappa shape index (κ1) is 11.7. The molecule has 2 N–H and O–H groups in total. The molecule has 0 aromatic rings. The number of β-amino-alcohol motifs (C(OH)–C–C–N with tert-alkyl or cyclic N) is 1. The molecule has 2 fully saturated rings. The minimum absolute atomic E-state index is 0.0260. The predicted molar refractivity (Wildman–Crippen MR) is 56.9 cm³/mol. The van der Waals surface area contributed by atoms with Crippen LogP contribution in [0.2, 0.25) is 0 Å². The van der Waals surface area contributed by atoms with Gasteiger partial charge in [-0.05, 0) is 26.2 Å². The van der Waals surface area contributed by atoms with Gasteiger partial charge in [-0.2, -0.15) is 0 Å². The molecule has 2 aliphatic rings.